The fourth-order valence-electron chi connectivity index (χ4n) is 1.61. The third kappa shape index (κ3) is 1.29. The summed E-state index contributed by atoms with van der Waals surface area (Å²) in [4.78, 5) is 11.3. The van der Waals surface area contributed by atoms with Crippen LogP contribution in [0.4, 0.5) is 5.69 Å². The SMILES string of the molecule is B=C1C(=O)Nc2cc(C(C)C)ccc21. The van der Waals surface area contributed by atoms with Crippen molar-refractivity contribution in [2.75, 3.05) is 5.32 Å². The van der Waals surface area contributed by atoms with E-state index < -0.39 is 0 Å². The minimum absolute atomic E-state index is 0.0825. The maximum absolute atomic E-state index is 11.3. The number of carbonyl (C=O) groups excluding carboxylic acids is 1. The zero-order valence-electron chi connectivity index (χ0n) is 8.42. The Bertz CT molecular complexity index is 423. The number of amides is 1. The molecule has 2 nitrogen and oxygen atoms in total. The Balaban J connectivity index is 2.49. The van der Waals surface area contributed by atoms with E-state index in [1.54, 1.807) is 0 Å². The number of nitrogens with one attached hydrogen (secondary N) is 1. The molecule has 1 aromatic rings. The van der Waals surface area contributed by atoms with Gasteiger partial charge >= 0.3 is 83.7 Å². The molecule has 0 aromatic heterocycles. The van der Waals surface area contributed by atoms with Gasteiger partial charge in [-0.25, -0.2) is 0 Å². The molecule has 0 unspecified atom stereocenters. The van der Waals surface area contributed by atoms with E-state index in [4.69, 9.17) is 0 Å². The summed E-state index contributed by atoms with van der Waals surface area (Å²) in [5, 5.41) is 2.80. The molecular weight excluding hydrogens is 173 g/mol. The van der Waals surface area contributed by atoms with Crippen molar-refractivity contribution >= 4 is 24.5 Å². The normalized spacial score (nSPS) is 14.4. The van der Waals surface area contributed by atoms with Crippen LogP contribution in [0, 0.1) is 0 Å². The molecule has 2 rings (SSSR count). The molecule has 0 spiro atoms. The first-order valence-electron chi connectivity index (χ1n) is 4.74. The summed E-state index contributed by atoms with van der Waals surface area (Å²) in [7, 11) is 3.74. The monoisotopic (exact) mass is 185 g/mol. The summed E-state index contributed by atoms with van der Waals surface area (Å²) < 4.78 is 0. The summed E-state index contributed by atoms with van der Waals surface area (Å²) in [6, 6.07) is 6.04. The van der Waals surface area contributed by atoms with Crippen LogP contribution in [-0.2, 0) is 4.79 Å². The molecule has 1 amide bonds. The Hall–Kier alpha value is -1.38. The van der Waals surface area contributed by atoms with Gasteiger partial charge in [0.2, 0.25) is 0 Å². The van der Waals surface area contributed by atoms with Gasteiger partial charge in [-0.05, 0) is 0 Å². The fourth-order valence-corrected chi connectivity index (χ4v) is 1.61. The van der Waals surface area contributed by atoms with Crippen LogP contribution in [-0.4, -0.2) is 18.9 Å². The van der Waals surface area contributed by atoms with Gasteiger partial charge in [0.1, 0.15) is 0 Å². The molecule has 70 valence electrons. The first kappa shape index (κ1) is 9.19. The quantitative estimate of drug-likeness (QED) is 0.654. The molecule has 0 saturated heterocycles. The number of hydrogen-bond acceptors (Lipinski definition) is 1. The summed E-state index contributed by atoms with van der Waals surface area (Å²) in [5.74, 6) is 0.395. The molecular formula is C11H12BNO. The second kappa shape index (κ2) is 3.09. The molecule has 0 radical (unpaired) electrons. The van der Waals surface area contributed by atoms with Crippen molar-refractivity contribution < 1.29 is 4.79 Å². The van der Waals surface area contributed by atoms with E-state index in [1.807, 2.05) is 12.1 Å². The van der Waals surface area contributed by atoms with E-state index >= 15 is 0 Å². The Morgan fingerprint density at radius 2 is 2.07 bits per heavy atom. The zero-order chi connectivity index (χ0) is 10.3. The molecule has 3 heteroatoms. The second-order valence-electron chi connectivity index (χ2n) is 3.89. The van der Waals surface area contributed by atoms with Crippen LogP contribution in [0.1, 0.15) is 30.9 Å². The molecule has 1 N–H and O–H groups in total. The van der Waals surface area contributed by atoms with E-state index in [-0.39, 0.29) is 5.91 Å². The summed E-state index contributed by atoms with van der Waals surface area (Å²) in [6.07, 6.45) is 0. The minimum atomic E-state index is -0.0825. The van der Waals surface area contributed by atoms with Crippen LogP contribution in [0.25, 0.3) is 0 Å². The van der Waals surface area contributed by atoms with Crippen LogP contribution < -0.4 is 5.32 Å². The number of carbonyl (C=O) groups is 1. The van der Waals surface area contributed by atoms with E-state index in [2.05, 4.69) is 32.7 Å². The van der Waals surface area contributed by atoms with Crippen molar-refractivity contribution in [2.45, 2.75) is 19.8 Å². The average molecular weight is 185 g/mol. The molecule has 1 heterocycles. The molecule has 0 atom stereocenters. The van der Waals surface area contributed by atoms with Crippen LogP contribution >= 0.6 is 0 Å². The molecule has 0 aliphatic carbocycles. The number of benzene rings is 1. The van der Waals surface area contributed by atoms with Gasteiger partial charge in [0.05, 0.1) is 0 Å². The van der Waals surface area contributed by atoms with Gasteiger partial charge in [-0.1, -0.05) is 0 Å². The van der Waals surface area contributed by atoms with E-state index in [0.29, 0.717) is 11.4 Å². The molecule has 1 aliphatic rings. The number of anilines is 1. The molecule has 14 heavy (non-hydrogen) atoms. The Morgan fingerprint density at radius 3 is 2.71 bits per heavy atom. The first-order chi connectivity index (χ1) is 6.59. The molecule has 1 aromatic carbocycles. The van der Waals surface area contributed by atoms with E-state index in [1.165, 1.54) is 5.56 Å². The summed E-state index contributed by atoms with van der Waals surface area (Å²) in [6.45, 7) is 4.26. The maximum atomic E-state index is 11.3. The van der Waals surface area contributed by atoms with Crippen LogP contribution in [0.15, 0.2) is 18.2 Å². The zero-order valence-corrected chi connectivity index (χ0v) is 8.42. The fraction of sp³-hybridized carbons (Fsp3) is 0.273. The predicted octanol–water partition coefficient (Wildman–Crippen LogP) is 1.18. The third-order valence-corrected chi connectivity index (χ3v) is 2.56. The number of fused-ring (bicyclic) bond motifs is 1. The van der Waals surface area contributed by atoms with Gasteiger partial charge in [0, 0.05) is 0 Å². The standard InChI is InChI=1S/C11H12BNO/c1-6(2)7-3-4-8-9(5-7)13-11(14)10(8)12/h3-6,12H,1-2H3,(H,13,14). The van der Waals surface area contributed by atoms with Crippen molar-refractivity contribution in [3.63, 3.8) is 0 Å². The Kier molecular flexibility index (Phi) is 2.03. The number of hydrogen-bond donors (Lipinski definition) is 1. The van der Waals surface area contributed by atoms with Crippen molar-refractivity contribution in [2.24, 2.45) is 0 Å². The number of rotatable bonds is 1. The van der Waals surface area contributed by atoms with Gasteiger partial charge in [0.25, 0.3) is 0 Å². The van der Waals surface area contributed by atoms with Crippen molar-refractivity contribution in [3.05, 3.63) is 29.3 Å². The average Bonchev–Trinajstić information content (AvgIpc) is 2.42. The van der Waals surface area contributed by atoms with E-state index in [0.717, 1.165) is 11.3 Å². The van der Waals surface area contributed by atoms with Crippen molar-refractivity contribution in [1.82, 2.24) is 0 Å². The first-order valence-corrected chi connectivity index (χ1v) is 4.74. The molecule has 1 aliphatic heterocycles. The van der Waals surface area contributed by atoms with Gasteiger partial charge in [-0.2, -0.15) is 0 Å². The summed E-state index contributed by atoms with van der Waals surface area (Å²) >= 11 is 0. The van der Waals surface area contributed by atoms with Gasteiger partial charge in [-0.3, -0.25) is 0 Å². The molecule has 0 saturated carbocycles. The topological polar surface area (TPSA) is 29.1 Å². The Labute approximate surface area is 84.4 Å². The molecule has 0 fully saturated rings. The van der Waals surface area contributed by atoms with E-state index in [9.17, 15) is 4.79 Å². The van der Waals surface area contributed by atoms with Crippen LogP contribution in [0.3, 0.4) is 0 Å². The van der Waals surface area contributed by atoms with Crippen molar-refractivity contribution in [1.29, 1.82) is 0 Å². The third-order valence-electron chi connectivity index (χ3n) is 2.56. The van der Waals surface area contributed by atoms with Gasteiger partial charge < -0.3 is 0 Å². The predicted molar refractivity (Wildman–Crippen MR) is 60.4 cm³/mol. The van der Waals surface area contributed by atoms with Gasteiger partial charge in [-0.15, -0.1) is 0 Å². The summed E-state index contributed by atoms with van der Waals surface area (Å²) in [5.41, 5.74) is 3.62. The van der Waals surface area contributed by atoms with Crippen LogP contribution in [0.2, 0.25) is 0 Å². The second-order valence-corrected chi connectivity index (χ2v) is 3.89. The van der Waals surface area contributed by atoms with Crippen LogP contribution in [0.5, 0.6) is 0 Å². The van der Waals surface area contributed by atoms with Crippen molar-refractivity contribution in [3.8, 4) is 0 Å². The Morgan fingerprint density at radius 1 is 1.36 bits per heavy atom. The van der Waals surface area contributed by atoms with Gasteiger partial charge in [0.15, 0.2) is 0 Å². The molecule has 0 bridgehead atoms.